The topological polar surface area (TPSA) is 68.0 Å². The highest BCUT2D eigenvalue weighted by molar-refractivity contribution is 5.76. The van der Waals surface area contributed by atoms with Gasteiger partial charge in [0, 0.05) is 56.7 Å². The second-order valence-electron chi connectivity index (χ2n) is 7.82. The Bertz CT molecular complexity index is 1030. The maximum atomic E-state index is 12.7. The van der Waals surface area contributed by atoms with E-state index in [9.17, 15) is 4.79 Å². The predicted molar refractivity (Wildman–Crippen MR) is 122 cm³/mol. The van der Waals surface area contributed by atoms with Crippen molar-refractivity contribution in [3.63, 3.8) is 0 Å². The molecule has 1 aromatic heterocycles. The lowest BCUT2D eigenvalue weighted by molar-refractivity contribution is -0.133. The molecule has 2 heterocycles. The van der Waals surface area contributed by atoms with Crippen LogP contribution in [0.5, 0.6) is 11.5 Å². The van der Waals surface area contributed by atoms with Crippen LogP contribution in [0.1, 0.15) is 17.9 Å². The van der Waals surface area contributed by atoms with Crippen LogP contribution < -0.4 is 9.47 Å². The average Bonchev–Trinajstić information content (AvgIpc) is 3.32. The SMILES string of the molecule is COc1ccc(OC)c(CN2CCN(C(=O)CCc3ncc(-c4ccccc4)o3)CC2)c1. The number of nitrogens with zero attached hydrogens (tertiary/aromatic N) is 3. The number of amides is 1. The Kier molecular flexibility index (Phi) is 7.07. The molecule has 168 valence electrons. The van der Waals surface area contributed by atoms with Gasteiger partial charge in [0.2, 0.25) is 5.91 Å². The van der Waals surface area contributed by atoms with Gasteiger partial charge >= 0.3 is 0 Å². The molecule has 0 radical (unpaired) electrons. The Labute approximate surface area is 188 Å². The molecule has 32 heavy (non-hydrogen) atoms. The van der Waals surface area contributed by atoms with Gasteiger partial charge in [0.05, 0.1) is 20.4 Å². The van der Waals surface area contributed by atoms with Gasteiger partial charge in [-0.2, -0.15) is 0 Å². The lowest BCUT2D eigenvalue weighted by Crippen LogP contribution is -2.48. The van der Waals surface area contributed by atoms with Crippen LogP contribution in [0.3, 0.4) is 0 Å². The molecule has 1 amide bonds. The van der Waals surface area contributed by atoms with Crippen LogP contribution in [0.15, 0.2) is 59.1 Å². The Balaban J connectivity index is 1.26. The summed E-state index contributed by atoms with van der Waals surface area (Å²) in [7, 11) is 3.34. The Morgan fingerprint density at radius 1 is 1.03 bits per heavy atom. The van der Waals surface area contributed by atoms with E-state index < -0.39 is 0 Å². The van der Waals surface area contributed by atoms with Crippen LogP contribution in [0, 0.1) is 0 Å². The van der Waals surface area contributed by atoms with Crippen molar-refractivity contribution < 1.29 is 18.7 Å². The first-order chi connectivity index (χ1) is 15.7. The highest BCUT2D eigenvalue weighted by atomic mass is 16.5. The zero-order valence-electron chi connectivity index (χ0n) is 18.6. The van der Waals surface area contributed by atoms with Crippen molar-refractivity contribution in [3.05, 3.63) is 66.2 Å². The average molecular weight is 436 g/mol. The molecule has 0 atom stereocenters. The molecule has 4 rings (SSSR count). The summed E-state index contributed by atoms with van der Waals surface area (Å²) < 4.78 is 16.6. The molecule has 0 unspecified atom stereocenters. The molecule has 1 aliphatic rings. The summed E-state index contributed by atoms with van der Waals surface area (Å²) in [5, 5.41) is 0. The third-order valence-electron chi connectivity index (χ3n) is 5.77. The first-order valence-electron chi connectivity index (χ1n) is 10.9. The van der Waals surface area contributed by atoms with E-state index in [2.05, 4.69) is 9.88 Å². The summed E-state index contributed by atoms with van der Waals surface area (Å²) in [5.74, 6) is 3.14. The highest BCUT2D eigenvalue weighted by Gasteiger charge is 2.22. The lowest BCUT2D eigenvalue weighted by Gasteiger charge is -2.35. The molecule has 2 aromatic carbocycles. The van der Waals surface area contributed by atoms with Gasteiger partial charge in [0.15, 0.2) is 11.7 Å². The zero-order valence-corrected chi connectivity index (χ0v) is 18.6. The van der Waals surface area contributed by atoms with Gasteiger partial charge in [-0.15, -0.1) is 0 Å². The monoisotopic (exact) mass is 435 g/mol. The van der Waals surface area contributed by atoms with Gasteiger partial charge in [-0.3, -0.25) is 9.69 Å². The predicted octanol–water partition coefficient (Wildman–Crippen LogP) is 3.64. The van der Waals surface area contributed by atoms with E-state index in [0.29, 0.717) is 31.8 Å². The number of hydrogen-bond acceptors (Lipinski definition) is 6. The zero-order chi connectivity index (χ0) is 22.3. The third kappa shape index (κ3) is 5.29. The molecule has 7 heteroatoms. The van der Waals surface area contributed by atoms with E-state index in [1.807, 2.05) is 53.4 Å². The molecule has 0 bridgehead atoms. The largest absolute Gasteiger partial charge is 0.497 e. The van der Waals surface area contributed by atoms with Crippen LogP contribution in [-0.2, 0) is 17.8 Å². The minimum absolute atomic E-state index is 0.142. The summed E-state index contributed by atoms with van der Waals surface area (Å²) in [5.41, 5.74) is 2.08. The quantitative estimate of drug-likeness (QED) is 0.538. The Morgan fingerprint density at radius 2 is 1.81 bits per heavy atom. The fourth-order valence-electron chi connectivity index (χ4n) is 3.94. The van der Waals surface area contributed by atoms with E-state index in [1.165, 1.54) is 0 Å². The molecular weight excluding hydrogens is 406 g/mol. The Hall–Kier alpha value is -3.32. The lowest BCUT2D eigenvalue weighted by atomic mass is 10.1. The van der Waals surface area contributed by atoms with Crippen molar-refractivity contribution >= 4 is 5.91 Å². The highest BCUT2D eigenvalue weighted by Crippen LogP contribution is 2.26. The normalized spacial score (nSPS) is 14.4. The first-order valence-corrected chi connectivity index (χ1v) is 10.9. The van der Waals surface area contributed by atoms with Crippen molar-refractivity contribution in [2.24, 2.45) is 0 Å². The minimum Gasteiger partial charge on any atom is -0.497 e. The molecule has 1 saturated heterocycles. The summed E-state index contributed by atoms with van der Waals surface area (Å²) in [4.78, 5) is 21.3. The molecule has 1 aliphatic heterocycles. The van der Waals surface area contributed by atoms with Crippen molar-refractivity contribution in [1.82, 2.24) is 14.8 Å². The number of ether oxygens (including phenoxy) is 2. The van der Waals surface area contributed by atoms with E-state index in [0.717, 1.165) is 48.0 Å². The van der Waals surface area contributed by atoms with Gasteiger partial charge in [-0.25, -0.2) is 4.98 Å². The molecule has 0 saturated carbocycles. The van der Waals surface area contributed by atoms with Gasteiger partial charge in [-0.1, -0.05) is 30.3 Å². The van der Waals surface area contributed by atoms with Crippen molar-refractivity contribution in [2.45, 2.75) is 19.4 Å². The number of aromatic nitrogens is 1. The molecular formula is C25H29N3O4. The third-order valence-corrected chi connectivity index (χ3v) is 5.77. The van der Waals surface area contributed by atoms with Crippen molar-refractivity contribution in [3.8, 4) is 22.8 Å². The summed E-state index contributed by atoms with van der Waals surface area (Å²) in [6.07, 6.45) is 2.63. The van der Waals surface area contributed by atoms with Crippen molar-refractivity contribution in [2.75, 3.05) is 40.4 Å². The number of methoxy groups -OCH3 is 2. The van der Waals surface area contributed by atoms with Gasteiger partial charge < -0.3 is 18.8 Å². The number of carbonyl (C=O) groups excluding carboxylic acids is 1. The maximum Gasteiger partial charge on any atom is 0.223 e. The first kappa shape index (κ1) is 21.9. The number of hydrogen-bond donors (Lipinski definition) is 0. The van der Waals surface area contributed by atoms with Gasteiger partial charge in [-0.05, 0) is 18.2 Å². The molecule has 0 aliphatic carbocycles. The molecule has 1 fully saturated rings. The Morgan fingerprint density at radius 3 is 2.53 bits per heavy atom. The molecule has 0 spiro atoms. The maximum absolute atomic E-state index is 12.7. The number of aryl methyl sites for hydroxylation is 1. The van der Waals surface area contributed by atoms with E-state index in [-0.39, 0.29) is 5.91 Å². The number of rotatable bonds is 8. The fourth-order valence-corrected chi connectivity index (χ4v) is 3.94. The van der Waals surface area contributed by atoms with E-state index >= 15 is 0 Å². The number of piperazine rings is 1. The molecule has 7 nitrogen and oxygen atoms in total. The van der Waals surface area contributed by atoms with E-state index in [1.54, 1.807) is 20.4 Å². The number of carbonyl (C=O) groups is 1. The van der Waals surface area contributed by atoms with Crippen LogP contribution in [0.4, 0.5) is 0 Å². The van der Waals surface area contributed by atoms with Crippen LogP contribution >= 0.6 is 0 Å². The number of oxazole rings is 1. The summed E-state index contributed by atoms with van der Waals surface area (Å²) >= 11 is 0. The minimum atomic E-state index is 0.142. The van der Waals surface area contributed by atoms with Gasteiger partial charge in [0.1, 0.15) is 11.5 Å². The van der Waals surface area contributed by atoms with Crippen LogP contribution in [0.25, 0.3) is 11.3 Å². The van der Waals surface area contributed by atoms with Crippen LogP contribution in [-0.4, -0.2) is 61.1 Å². The number of benzene rings is 2. The standard InChI is InChI=1S/C25H29N3O4/c1-30-21-8-9-22(31-2)20(16-21)18-27-12-14-28(15-13-27)25(29)11-10-24-26-17-23(32-24)19-6-4-3-5-7-19/h3-9,16-17H,10-15,18H2,1-2H3. The molecule has 0 N–H and O–H groups in total. The summed E-state index contributed by atoms with van der Waals surface area (Å²) in [6, 6.07) is 15.7. The van der Waals surface area contributed by atoms with Crippen LogP contribution in [0.2, 0.25) is 0 Å². The fraction of sp³-hybridized carbons (Fsp3) is 0.360. The molecule has 3 aromatic rings. The second-order valence-corrected chi connectivity index (χ2v) is 7.82. The summed E-state index contributed by atoms with van der Waals surface area (Å²) in [6.45, 7) is 3.84. The second kappa shape index (κ2) is 10.3. The van der Waals surface area contributed by atoms with E-state index in [4.69, 9.17) is 13.9 Å². The van der Waals surface area contributed by atoms with Gasteiger partial charge in [0.25, 0.3) is 0 Å². The van der Waals surface area contributed by atoms with Crippen molar-refractivity contribution in [1.29, 1.82) is 0 Å². The smallest absolute Gasteiger partial charge is 0.223 e.